The van der Waals surface area contributed by atoms with Crippen LogP contribution in [0.1, 0.15) is 48.0 Å². The number of anilines is 1. The fraction of sp³-hybridized carbons (Fsp3) is 0.304. The standard InChI is InChI=1S/C23H26N4O5/c1-32-19-13-7-8-15(20(19)28)14-24-27-23(31)22(30)26-18-12-6-5-11-17(18)21(29)25-16-9-3-2-4-10-16/h5-8,11-14,16,28H,2-4,9-10H2,1H3,(H,25,29)(H,26,30)(H,27,31)/b24-14-. The maximum atomic E-state index is 12.7. The van der Waals surface area contributed by atoms with Crippen molar-refractivity contribution in [3.8, 4) is 11.5 Å². The molecule has 0 unspecified atom stereocenters. The van der Waals surface area contributed by atoms with Crippen molar-refractivity contribution in [2.75, 3.05) is 12.4 Å². The van der Waals surface area contributed by atoms with Crippen LogP contribution in [0.25, 0.3) is 0 Å². The van der Waals surface area contributed by atoms with E-state index in [0.29, 0.717) is 5.56 Å². The lowest BCUT2D eigenvalue weighted by Gasteiger charge is -2.23. The fourth-order valence-corrected chi connectivity index (χ4v) is 3.50. The van der Waals surface area contributed by atoms with E-state index in [4.69, 9.17) is 4.74 Å². The number of amides is 3. The molecular weight excluding hydrogens is 412 g/mol. The Morgan fingerprint density at radius 2 is 1.78 bits per heavy atom. The van der Waals surface area contributed by atoms with Crippen molar-refractivity contribution in [1.82, 2.24) is 10.7 Å². The summed E-state index contributed by atoms with van der Waals surface area (Å²) in [6.45, 7) is 0. The number of aromatic hydroxyl groups is 1. The molecule has 4 N–H and O–H groups in total. The fourth-order valence-electron chi connectivity index (χ4n) is 3.50. The van der Waals surface area contributed by atoms with Gasteiger partial charge in [0, 0.05) is 11.6 Å². The zero-order chi connectivity index (χ0) is 22.9. The molecule has 1 fully saturated rings. The SMILES string of the molecule is COc1cccc(/C=N\NC(=O)C(=O)Nc2ccccc2C(=O)NC2CCCCC2)c1O. The van der Waals surface area contributed by atoms with Gasteiger partial charge in [0.05, 0.1) is 24.6 Å². The quantitative estimate of drug-likeness (QED) is 0.313. The number of hydrogen-bond acceptors (Lipinski definition) is 6. The Bertz CT molecular complexity index is 1020. The predicted molar refractivity (Wildman–Crippen MR) is 120 cm³/mol. The van der Waals surface area contributed by atoms with Crippen molar-refractivity contribution in [1.29, 1.82) is 0 Å². The average molecular weight is 438 g/mol. The van der Waals surface area contributed by atoms with Crippen LogP contribution in [0, 0.1) is 0 Å². The number of para-hydroxylation sites is 2. The monoisotopic (exact) mass is 438 g/mol. The summed E-state index contributed by atoms with van der Waals surface area (Å²) >= 11 is 0. The molecular formula is C23H26N4O5. The van der Waals surface area contributed by atoms with Crippen LogP contribution in [-0.2, 0) is 9.59 Å². The van der Waals surface area contributed by atoms with Gasteiger partial charge in [-0.2, -0.15) is 5.10 Å². The van der Waals surface area contributed by atoms with E-state index < -0.39 is 11.8 Å². The van der Waals surface area contributed by atoms with Crippen molar-refractivity contribution in [3.63, 3.8) is 0 Å². The normalized spacial score (nSPS) is 14.0. The van der Waals surface area contributed by atoms with Crippen LogP contribution >= 0.6 is 0 Å². The molecule has 9 heteroatoms. The molecule has 0 atom stereocenters. The molecule has 2 aromatic rings. The van der Waals surface area contributed by atoms with Crippen LogP contribution in [-0.4, -0.2) is 42.2 Å². The van der Waals surface area contributed by atoms with Gasteiger partial charge in [0.25, 0.3) is 5.91 Å². The van der Waals surface area contributed by atoms with Gasteiger partial charge in [-0.1, -0.05) is 37.5 Å². The number of hydrazone groups is 1. The smallest absolute Gasteiger partial charge is 0.329 e. The number of hydrogen-bond donors (Lipinski definition) is 4. The van der Waals surface area contributed by atoms with Gasteiger partial charge in [0.2, 0.25) is 0 Å². The van der Waals surface area contributed by atoms with E-state index in [-0.39, 0.29) is 34.7 Å². The minimum Gasteiger partial charge on any atom is -0.504 e. The Morgan fingerprint density at radius 3 is 2.53 bits per heavy atom. The molecule has 2 aromatic carbocycles. The first-order valence-electron chi connectivity index (χ1n) is 10.4. The first kappa shape index (κ1) is 22.8. The summed E-state index contributed by atoms with van der Waals surface area (Å²) in [4.78, 5) is 37.1. The summed E-state index contributed by atoms with van der Waals surface area (Å²) in [5.74, 6) is -2.18. The molecule has 9 nitrogen and oxygen atoms in total. The lowest BCUT2D eigenvalue weighted by molar-refractivity contribution is -0.136. The molecule has 168 valence electrons. The molecule has 1 aliphatic carbocycles. The molecule has 0 bridgehead atoms. The highest BCUT2D eigenvalue weighted by atomic mass is 16.5. The summed E-state index contributed by atoms with van der Waals surface area (Å²) in [7, 11) is 1.41. The number of rotatable bonds is 6. The van der Waals surface area contributed by atoms with E-state index in [9.17, 15) is 19.5 Å². The van der Waals surface area contributed by atoms with Crippen LogP contribution in [0.5, 0.6) is 11.5 Å². The topological polar surface area (TPSA) is 129 Å². The van der Waals surface area contributed by atoms with Gasteiger partial charge in [-0.3, -0.25) is 14.4 Å². The number of benzene rings is 2. The number of nitrogens with one attached hydrogen (secondary N) is 3. The minimum absolute atomic E-state index is 0.116. The molecule has 32 heavy (non-hydrogen) atoms. The summed E-state index contributed by atoms with van der Waals surface area (Å²) < 4.78 is 5.00. The Hall–Kier alpha value is -3.88. The molecule has 0 aromatic heterocycles. The number of phenolic OH excluding ortho intramolecular Hbond substituents is 1. The third-order valence-corrected chi connectivity index (χ3v) is 5.19. The maximum Gasteiger partial charge on any atom is 0.329 e. The van der Waals surface area contributed by atoms with E-state index in [1.165, 1.54) is 19.7 Å². The van der Waals surface area contributed by atoms with E-state index in [0.717, 1.165) is 25.7 Å². The third-order valence-electron chi connectivity index (χ3n) is 5.19. The van der Waals surface area contributed by atoms with Gasteiger partial charge < -0.3 is 20.5 Å². The van der Waals surface area contributed by atoms with Crippen molar-refractivity contribution >= 4 is 29.6 Å². The molecule has 0 aliphatic heterocycles. The number of nitrogens with zero attached hydrogens (tertiary/aromatic N) is 1. The lowest BCUT2D eigenvalue weighted by Crippen LogP contribution is -2.37. The summed E-state index contributed by atoms with van der Waals surface area (Å²) in [5, 5.41) is 19.2. The van der Waals surface area contributed by atoms with E-state index >= 15 is 0 Å². The number of carbonyl (C=O) groups excluding carboxylic acids is 3. The zero-order valence-corrected chi connectivity index (χ0v) is 17.8. The molecule has 0 radical (unpaired) electrons. The van der Waals surface area contributed by atoms with Gasteiger partial charge in [0.1, 0.15) is 0 Å². The molecule has 3 rings (SSSR count). The van der Waals surface area contributed by atoms with Gasteiger partial charge in [0.15, 0.2) is 11.5 Å². The second-order valence-electron chi connectivity index (χ2n) is 7.41. The molecule has 1 saturated carbocycles. The van der Waals surface area contributed by atoms with Gasteiger partial charge in [-0.15, -0.1) is 0 Å². The Kier molecular flexibility index (Phi) is 7.80. The van der Waals surface area contributed by atoms with E-state index in [1.807, 2.05) is 0 Å². The first-order valence-corrected chi connectivity index (χ1v) is 10.4. The number of carbonyl (C=O) groups is 3. The molecule has 1 aliphatic rings. The number of phenols is 1. The highest BCUT2D eigenvalue weighted by Crippen LogP contribution is 2.28. The number of ether oxygens (including phenoxy) is 1. The molecule has 3 amide bonds. The second kappa shape index (κ2) is 10.9. The zero-order valence-electron chi connectivity index (χ0n) is 17.8. The van der Waals surface area contributed by atoms with Crippen molar-refractivity contribution in [3.05, 3.63) is 53.6 Å². The van der Waals surface area contributed by atoms with Crippen molar-refractivity contribution in [2.24, 2.45) is 5.10 Å². The minimum atomic E-state index is -1.02. The Balaban J connectivity index is 1.60. The summed E-state index contributed by atoms with van der Waals surface area (Å²) in [6.07, 6.45) is 6.39. The van der Waals surface area contributed by atoms with Crippen LogP contribution in [0.4, 0.5) is 5.69 Å². The van der Waals surface area contributed by atoms with Gasteiger partial charge in [-0.05, 0) is 37.1 Å². The Morgan fingerprint density at radius 1 is 1.03 bits per heavy atom. The molecule has 0 heterocycles. The van der Waals surface area contributed by atoms with E-state index in [1.54, 1.807) is 42.5 Å². The van der Waals surface area contributed by atoms with E-state index in [2.05, 4.69) is 21.2 Å². The lowest BCUT2D eigenvalue weighted by atomic mass is 9.95. The second-order valence-corrected chi connectivity index (χ2v) is 7.41. The summed E-state index contributed by atoms with van der Waals surface area (Å²) in [6, 6.07) is 11.4. The molecule has 0 spiro atoms. The maximum absolute atomic E-state index is 12.7. The van der Waals surface area contributed by atoms with Crippen molar-refractivity contribution < 1.29 is 24.2 Å². The van der Waals surface area contributed by atoms with Crippen LogP contribution in [0.2, 0.25) is 0 Å². The third kappa shape index (κ3) is 5.84. The average Bonchev–Trinajstić information content (AvgIpc) is 2.81. The van der Waals surface area contributed by atoms with Crippen LogP contribution < -0.4 is 20.8 Å². The van der Waals surface area contributed by atoms with Gasteiger partial charge in [-0.25, -0.2) is 5.43 Å². The van der Waals surface area contributed by atoms with Crippen LogP contribution in [0.3, 0.4) is 0 Å². The molecule has 0 saturated heterocycles. The predicted octanol–water partition coefficient (Wildman–Crippen LogP) is 2.55. The van der Waals surface area contributed by atoms with Crippen LogP contribution in [0.15, 0.2) is 47.6 Å². The van der Waals surface area contributed by atoms with Crippen molar-refractivity contribution in [2.45, 2.75) is 38.1 Å². The highest BCUT2D eigenvalue weighted by molar-refractivity contribution is 6.40. The first-order chi connectivity index (χ1) is 15.5. The Labute approximate surface area is 185 Å². The highest BCUT2D eigenvalue weighted by Gasteiger charge is 2.20. The summed E-state index contributed by atoms with van der Waals surface area (Å²) in [5.41, 5.74) is 2.91. The number of methoxy groups -OCH3 is 1. The largest absolute Gasteiger partial charge is 0.504 e. The van der Waals surface area contributed by atoms with Gasteiger partial charge >= 0.3 is 11.8 Å².